The highest BCUT2D eigenvalue weighted by Gasteiger charge is 2.17. The molecule has 2 N–H and O–H groups in total. The number of carbonyl (C=O) groups is 1. The zero-order valence-corrected chi connectivity index (χ0v) is 12.3. The number of aromatic nitrogens is 6. The predicted octanol–water partition coefficient (Wildman–Crippen LogP) is 2.11. The Kier molecular flexibility index (Phi) is 2.98. The van der Waals surface area contributed by atoms with Gasteiger partial charge in [-0.15, -0.1) is 0 Å². The summed E-state index contributed by atoms with van der Waals surface area (Å²) in [6.45, 7) is -0.251. The smallest absolute Gasteiger partial charge is 0.323 e. The van der Waals surface area contributed by atoms with Crippen molar-refractivity contribution in [2.45, 2.75) is 6.54 Å². The van der Waals surface area contributed by atoms with E-state index >= 15 is 0 Å². The molecule has 0 aliphatic rings. The van der Waals surface area contributed by atoms with Crippen molar-refractivity contribution < 1.29 is 9.90 Å². The predicted molar refractivity (Wildman–Crippen MR) is 83.1 cm³/mol. The third-order valence-corrected chi connectivity index (χ3v) is 3.65. The number of nitrogens with one attached hydrogen (secondary N) is 1. The van der Waals surface area contributed by atoms with E-state index in [1.54, 1.807) is 6.20 Å². The molecule has 4 aromatic rings. The molecule has 8 nitrogen and oxygen atoms in total. The standard InChI is InChI=1S/C14H9ClN6O2/c15-14-18-11(7-2-1-3-9-8(7)4-17-20-9)12-13(19-14)21(6-16-12)5-10(22)23/h1-4,6H,5H2,(H,17,20)(H,22,23). The Balaban J connectivity index is 2.02. The highest BCUT2D eigenvalue weighted by atomic mass is 35.5. The number of fused-ring (bicyclic) bond motifs is 2. The van der Waals surface area contributed by atoms with Crippen LogP contribution in [0.2, 0.25) is 5.28 Å². The van der Waals surface area contributed by atoms with Crippen molar-refractivity contribution in [3.63, 3.8) is 0 Å². The maximum Gasteiger partial charge on any atom is 0.323 e. The summed E-state index contributed by atoms with van der Waals surface area (Å²) in [5.74, 6) is -0.988. The van der Waals surface area contributed by atoms with Crippen LogP contribution >= 0.6 is 11.6 Å². The summed E-state index contributed by atoms with van der Waals surface area (Å²) in [6.07, 6.45) is 3.11. The van der Waals surface area contributed by atoms with Crippen LogP contribution in [0.4, 0.5) is 0 Å². The molecule has 0 spiro atoms. The van der Waals surface area contributed by atoms with Crippen molar-refractivity contribution in [1.82, 2.24) is 29.7 Å². The third kappa shape index (κ3) is 2.20. The summed E-state index contributed by atoms with van der Waals surface area (Å²) < 4.78 is 1.42. The van der Waals surface area contributed by atoms with Gasteiger partial charge in [-0.3, -0.25) is 9.89 Å². The molecule has 0 radical (unpaired) electrons. The topological polar surface area (TPSA) is 110 Å². The monoisotopic (exact) mass is 328 g/mol. The average Bonchev–Trinajstić information content (AvgIpc) is 3.13. The number of aromatic amines is 1. The maximum atomic E-state index is 11.0. The van der Waals surface area contributed by atoms with E-state index in [-0.39, 0.29) is 11.8 Å². The Labute approximate surface area is 133 Å². The highest BCUT2D eigenvalue weighted by molar-refractivity contribution is 6.28. The number of benzene rings is 1. The van der Waals surface area contributed by atoms with Gasteiger partial charge in [0.1, 0.15) is 17.8 Å². The molecular formula is C14H9ClN6O2. The van der Waals surface area contributed by atoms with Gasteiger partial charge >= 0.3 is 5.97 Å². The molecule has 3 aromatic heterocycles. The van der Waals surface area contributed by atoms with Gasteiger partial charge in [-0.2, -0.15) is 10.1 Å². The molecule has 1 aromatic carbocycles. The maximum absolute atomic E-state index is 11.0. The Morgan fingerprint density at radius 1 is 1.35 bits per heavy atom. The van der Waals surface area contributed by atoms with Crippen molar-refractivity contribution in [3.8, 4) is 11.3 Å². The van der Waals surface area contributed by atoms with Crippen molar-refractivity contribution >= 4 is 39.6 Å². The normalized spacial score (nSPS) is 11.3. The van der Waals surface area contributed by atoms with Crippen LogP contribution in [-0.4, -0.2) is 40.8 Å². The molecule has 0 aliphatic carbocycles. The quantitative estimate of drug-likeness (QED) is 0.557. The minimum absolute atomic E-state index is 0.0279. The van der Waals surface area contributed by atoms with Crippen LogP contribution in [0, 0.1) is 0 Å². The lowest BCUT2D eigenvalue weighted by atomic mass is 10.1. The SMILES string of the molecule is O=C(O)Cn1cnc2c(-c3cccc4[nH]ncc34)nc(Cl)nc21. The molecule has 0 unspecified atom stereocenters. The van der Waals surface area contributed by atoms with Gasteiger partial charge < -0.3 is 9.67 Å². The summed E-state index contributed by atoms with van der Waals surface area (Å²) in [5, 5.41) is 16.8. The van der Waals surface area contributed by atoms with Gasteiger partial charge in [0.2, 0.25) is 5.28 Å². The first-order valence-corrected chi connectivity index (χ1v) is 7.04. The number of hydrogen-bond acceptors (Lipinski definition) is 5. The van der Waals surface area contributed by atoms with Crippen LogP contribution in [0.3, 0.4) is 0 Å². The van der Waals surface area contributed by atoms with Crippen LogP contribution in [-0.2, 0) is 11.3 Å². The summed E-state index contributed by atoms with van der Waals surface area (Å²) in [5.41, 5.74) is 3.06. The lowest BCUT2D eigenvalue weighted by Crippen LogP contribution is -2.08. The molecule has 0 amide bonds. The number of rotatable bonds is 3. The average molecular weight is 329 g/mol. The molecule has 9 heteroatoms. The van der Waals surface area contributed by atoms with E-state index in [0.29, 0.717) is 16.9 Å². The van der Waals surface area contributed by atoms with Gasteiger partial charge in [-0.1, -0.05) is 12.1 Å². The van der Waals surface area contributed by atoms with E-state index in [4.69, 9.17) is 16.7 Å². The zero-order chi connectivity index (χ0) is 16.0. The number of aliphatic carboxylic acids is 1. The molecule has 3 heterocycles. The van der Waals surface area contributed by atoms with E-state index in [0.717, 1.165) is 16.5 Å². The number of imidazole rings is 1. The first-order valence-electron chi connectivity index (χ1n) is 6.66. The minimum Gasteiger partial charge on any atom is -0.480 e. The van der Waals surface area contributed by atoms with Crippen LogP contribution in [0.5, 0.6) is 0 Å². The lowest BCUT2D eigenvalue weighted by molar-refractivity contribution is -0.137. The van der Waals surface area contributed by atoms with Crippen molar-refractivity contribution in [3.05, 3.63) is 36.0 Å². The highest BCUT2D eigenvalue weighted by Crippen LogP contribution is 2.31. The second-order valence-corrected chi connectivity index (χ2v) is 5.25. The van der Waals surface area contributed by atoms with Crippen molar-refractivity contribution in [2.75, 3.05) is 0 Å². The number of carboxylic acid groups (broad SMARTS) is 1. The molecule has 0 bridgehead atoms. The molecular weight excluding hydrogens is 320 g/mol. The van der Waals surface area contributed by atoms with Gasteiger partial charge in [0, 0.05) is 10.9 Å². The third-order valence-electron chi connectivity index (χ3n) is 3.48. The van der Waals surface area contributed by atoms with Crippen LogP contribution in [0.1, 0.15) is 0 Å². The van der Waals surface area contributed by atoms with E-state index in [1.807, 2.05) is 18.2 Å². The summed E-state index contributed by atoms with van der Waals surface area (Å²) in [7, 11) is 0. The molecule has 0 saturated carbocycles. The van der Waals surface area contributed by atoms with Crippen LogP contribution < -0.4 is 0 Å². The lowest BCUT2D eigenvalue weighted by Gasteiger charge is -2.05. The molecule has 114 valence electrons. The number of H-pyrrole nitrogens is 1. The number of hydrogen-bond donors (Lipinski definition) is 2. The van der Waals surface area contributed by atoms with Gasteiger partial charge in [-0.25, -0.2) is 9.97 Å². The van der Waals surface area contributed by atoms with E-state index in [9.17, 15) is 4.79 Å². The fourth-order valence-electron chi connectivity index (χ4n) is 2.54. The first kappa shape index (κ1) is 13.6. The first-order chi connectivity index (χ1) is 11.1. The van der Waals surface area contributed by atoms with Crippen LogP contribution in [0.15, 0.2) is 30.7 Å². The largest absolute Gasteiger partial charge is 0.480 e. The van der Waals surface area contributed by atoms with Crippen molar-refractivity contribution in [2.24, 2.45) is 0 Å². The van der Waals surface area contributed by atoms with Gasteiger partial charge in [0.25, 0.3) is 0 Å². The number of nitrogens with zero attached hydrogens (tertiary/aromatic N) is 5. The fourth-order valence-corrected chi connectivity index (χ4v) is 2.71. The minimum atomic E-state index is -0.988. The van der Waals surface area contributed by atoms with Crippen LogP contribution in [0.25, 0.3) is 33.3 Å². The molecule has 4 rings (SSSR count). The molecule has 0 fully saturated rings. The second-order valence-electron chi connectivity index (χ2n) is 4.92. The Morgan fingerprint density at radius 2 is 2.22 bits per heavy atom. The molecule has 0 aliphatic heterocycles. The zero-order valence-electron chi connectivity index (χ0n) is 11.6. The summed E-state index contributed by atoms with van der Waals surface area (Å²) in [4.78, 5) is 23.6. The second kappa shape index (κ2) is 5.03. The molecule has 23 heavy (non-hydrogen) atoms. The van der Waals surface area contributed by atoms with Crippen molar-refractivity contribution in [1.29, 1.82) is 0 Å². The molecule has 0 saturated heterocycles. The van der Waals surface area contributed by atoms with Gasteiger partial charge in [0.05, 0.1) is 18.0 Å². The summed E-state index contributed by atoms with van der Waals surface area (Å²) >= 11 is 6.03. The number of halogens is 1. The van der Waals surface area contributed by atoms with Gasteiger partial charge in [0.15, 0.2) is 5.65 Å². The van der Waals surface area contributed by atoms with Gasteiger partial charge in [-0.05, 0) is 17.7 Å². The van der Waals surface area contributed by atoms with E-state index in [2.05, 4.69) is 25.1 Å². The van der Waals surface area contributed by atoms with E-state index < -0.39 is 5.97 Å². The Hall–Kier alpha value is -3.00. The Morgan fingerprint density at radius 3 is 3.04 bits per heavy atom. The fraction of sp³-hybridized carbons (Fsp3) is 0.0714. The number of carboxylic acids is 1. The molecule has 0 atom stereocenters. The van der Waals surface area contributed by atoms with E-state index in [1.165, 1.54) is 10.9 Å². The summed E-state index contributed by atoms with van der Waals surface area (Å²) in [6, 6.07) is 5.65. The Bertz CT molecular complexity index is 1050.